The minimum Gasteiger partial charge on any atom is -0.493 e. The summed E-state index contributed by atoms with van der Waals surface area (Å²) in [5.41, 5.74) is 1.74. The predicted molar refractivity (Wildman–Crippen MR) is 84.2 cm³/mol. The average Bonchev–Trinajstić information content (AvgIpc) is 3.07. The standard InChI is InChI=1S/C18H17NO4/c20-18(12-5-6-16-17(9-12)23-11-22-16)19-10-13-7-8-21-15-4-2-1-3-14(13)15/h1-6,9,13H,7-8,10-11H2,(H,19,20). The molecule has 1 atom stereocenters. The molecule has 2 aromatic carbocycles. The fourth-order valence-electron chi connectivity index (χ4n) is 2.98. The molecule has 0 aromatic heterocycles. The number of benzene rings is 2. The minimum absolute atomic E-state index is 0.104. The van der Waals surface area contributed by atoms with Gasteiger partial charge in [0.15, 0.2) is 11.5 Å². The van der Waals surface area contributed by atoms with E-state index >= 15 is 0 Å². The fraction of sp³-hybridized carbons (Fsp3) is 0.278. The van der Waals surface area contributed by atoms with Crippen LogP contribution in [0.25, 0.3) is 0 Å². The first-order valence-corrected chi connectivity index (χ1v) is 7.71. The molecule has 1 N–H and O–H groups in total. The molecule has 118 valence electrons. The van der Waals surface area contributed by atoms with Crippen molar-refractivity contribution in [1.29, 1.82) is 0 Å². The van der Waals surface area contributed by atoms with Gasteiger partial charge in [-0.3, -0.25) is 4.79 Å². The highest BCUT2D eigenvalue weighted by molar-refractivity contribution is 5.95. The summed E-state index contributed by atoms with van der Waals surface area (Å²) in [6.07, 6.45) is 0.901. The first kappa shape index (κ1) is 13.9. The largest absolute Gasteiger partial charge is 0.493 e. The smallest absolute Gasteiger partial charge is 0.251 e. The zero-order valence-electron chi connectivity index (χ0n) is 12.6. The van der Waals surface area contributed by atoms with Crippen molar-refractivity contribution in [3.8, 4) is 17.2 Å². The van der Waals surface area contributed by atoms with E-state index < -0.39 is 0 Å². The van der Waals surface area contributed by atoms with Crippen molar-refractivity contribution in [2.24, 2.45) is 0 Å². The lowest BCUT2D eigenvalue weighted by Gasteiger charge is -2.26. The number of carbonyl (C=O) groups is 1. The van der Waals surface area contributed by atoms with Crippen molar-refractivity contribution in [2.45, 2.75) is 12.3 Å². The van der Waals surface area contributed by atoms with Gasteiger partial charge in [-0.25, -0.2) is 0 Å². The SMILES string of the molecule is O=C(NCC1CCOc2ccccc21)c1ccc2c(c1)OCO2. The summed E-state index contributed by atoms with van der Waals surface area (Å²) in [6, 6.07) is 13.2. The van der Waals surface area contributed by atoms with Gasteiger partial charge in [0.2, 0.25) is 6.79 Å². The summed E-state index contributed by atoms with van der Waals surface area (Å²) in [6.45, 7) is 1.48. The van der Waals surface area contributed by atoms with Crippen LogP contribution in [-0.2, 0) is 0 Å². The highest BCUT2D eigenvalue weighted by Gasteiger charge is 2.22. The van der Waals surface area contributed by atoms with Gasteiger partial charge in [-0.15, -0.1) is 0 Å². The van der Waals surface area contributed by atoms with E-state index in [2.05, 4.69) is 11.4 Å². The normalized spacial score (nSPS) is 18.0. The van der Waals surface area contributed by atoms with Crippen LogP contribution in [-0.4, -0.2) is 25.9 Å². The summed E-state index contributed by atoms with van der Waals surface area (Å²) >= 11 is 0. The Bertz CT molecular complexity index is 744. The first-order valence-electron chi connectivity index (χ1n) is 7.71. The molecule has 0 aliphatic carbocycles. The molecular formula is C18H17NO4. The third-order valence-electron chi connectivity index (χ3n) is 4.23. The van der Waals surface area contributed by atoms with Gasteiger partial charge in [-0.2, -0.15) is 0 Å². The second-order valence-corrected chi connectivity index (χ2v) is 5.65. The number of amides is 1. The number of rotatable bonds is 3. The summed E-state index contributed by atoms with van der Waals surface area (Å²) in [5, 5.41) is 3.01. The third-order valence-corrected chi connectivity index (χ3v) is 4.23. The van der Waals surface area contributed by atoms with E-state index in [1.807, 2.05) is 18.2 Å². The Morgan fingerprint density at radius 2 is 1.91 bits per heavy atom. The quantitative estimate of drug-likeness (QED) is 0.947. The van der Waals surface area contributed by atoms with Crippen LogP contribution >= 0.6 is 0 Å². The van der Waals surface area contributed by atoms with E-state index in [-0.39, 0.29) is 18.6 Å². The van der Waals surface area contributed by atoms with Crippen LogP contribution in [0.1, 0.15) is 28.3 Å². The van der Waals surface area contributed by atoms with Gasteiger partial charge < -0.3 is 19.5 Å². The van der Waals surface area contributed by atoms with Crippen LogP contribution in [0.2, 0.25) is 0 Å². The fourth-order valence-corrected chi connectivity index (χ4v) is 2.98. The van der Waals surface area contributed by atoms with E-state index in [9.17, 15) is 4.79 Å². The molecular weight excluding hydrogens is 294 g/mol. The monoisotopic (exact) mass is 311 g/mol. The molecule has 5 nitrogen and oxygen atoms in total. The molecule has 2 aliphatic heterocycles. The van der Waals surface area contributed by atoms with Gasteiger partial charge in [-0.05, 0) is 36.2 Å². The summed E-state index contributed by atoms with van der Waals surface area (Å²) < 4.78 is 16.2. The molecule has 0 spiro atoms. The molecule has 0 bridgehead atoms. The van der Waals surface area contributed by atoms with Crippen molar-refractivity contribution < 1.29 is 19.0 Å². The third kappa shape index (κ3) is 2.70. The lowest BCUT2D eigenvalue weighted by atomic mass is 9.93. The van der Waals surface area contributed by atoms with E-state index in [0.29, 0.717) is 30.2 Å². The van der Waals surface area contributed by atoms with Gasteiger partial charge in [0.25, 0.3) is 5.91 Å². The molecule has 0 saturated carbocycles. The number of fused-ring (bicyclic) bond motifs is 2. The van der Waals surface area contributed by atoms with Crippen molar-refractivity contribution >= 4 is 5.91 Å². The van der Waals surface area contributed by atoms with E-state index in [1.165, 1.54) is 0 Å². The van der Waals surface area contributed by atoms with Gasteiger partial charge in [0.1, 0.15) is 5.75 Å². The minimum atomic E-state index is -0.104. The zero-order valence-corrected chi connectivity index (χ0v) is 12.6. The van der Waals surface area contributed by atoms with Crippen LogP contribution < -0.4 is 19.5 Å². The summed E-state index contributed by atoms with van der Waals surface area (Å²) in [5.74, 6) is 2.39. The molecule has 2 heterocycles. The Morgan fingerprint density at radius 1 is 1.04 bits per heavy atom. The Balaban J connectivity index is 1.44. The zero-order chi connectivity index (χ0) is 15.6. The highest BCUT2D eigenvalue weighted by atomic mass is 16.7. The Labute approximate surface area is 134 Å². The maximum absolute atomic E-state index is 12.4. The lowest BCUT2D eigenvalue weighted by Crippen LogP contribution is -2.30. The van der Waals surface area contributed by atoms with Crippen LogP contribution in [0, 0.1) is 0 Å². The van der Waals surface area contributed by atoms with Gasteiger partial charge >= 0.3 is 0 Å². The number of nitrogens with one attached hydrogen (secondary N) is 1. The number of hydrogen-bond acceptors (Lipinski definition) is 4. The Kier molecular flexibility index (Phi) is 3.54. The molecule has 5 heteroatoms. The molecule has 2 aromatic rings. The molecule has 23 heavy (non-hydrogen) atoms. The van der Waals surface area contributed by atoms with Crippen molar-refractivity contribution in [1.82, 2.24) is 5.32 Å². The van der Waals surface area contributed by atoms with Crippen molar-refractivity contribution in [3.05, 3.63) is 53.6 Å². The molecule has 1 amide bonds. The van der Waals surface area contributed by atoms with E-state index in [1.54, 1.807) is 18.2 Å². The Hall–Kier alpha value is -2.69. The lowest BCUT2D eigenvalue weighted by molar-refractivity contribution is 0.0948. The van der Waals surface area contributed by atoms with Crippen LogP contribution in [0.3, 0.4) is 0 Å². The average molecular weight is 311 g/mol. The van der Waals surface area contributed by atoms with Gasteiger partial charge in [0.05, 0.1) is 6.61 Å². The molecule has 1 unspecified atom stereocenters. The van der Waals surface area contributed by atoms with Gasteiger partial charge in [-0.1, -0.05) is 18.2 Å². The molecule has 0 fully saturated rings. The van der Waals surface area contributed by atoms with Crippen molar-refractivity contribution in [3.63, 3.8) is 0 Å². The number of carbonyl (C=O) groups excluding carboxylic acids is 1. The highest BCUT2D eigenvalue weighted by Crippen LogP contribution is 2.34. The van der Waals surface area contributed by atoms with Crippen LogP contribution in [0.4, 0.5) is 0 Å². The topological polar surface area (TPSA) is 56.8 Å². The molecule has 0 saturated heterocycles. The molecule has 4 rings (SSSR count). The van der Waals surface area contributed by atoms with Crippen molar-refractivity contribution in [2.75, 3.05) is 19.9 Å². The summed E-state index contributed by atoms with van der Waals surface area (Å²) in [7, 11) is 0. The predicted octanol–water partition coefficient (Wildman–Crippen LogP) is 2.71. The van der Waals surface area contributed by atoms with Gasteiger partial charge in [0, 0.05) is 18.0 Å². The number of hydrogen-bond donors (Lipinski definition) is 1. The Morgan fingerprint density at radius 3 is 2.87 bits per heavy atom. The second kappa shape index (κ2) is 5.83. The van der Waals surface area contributed by atoms with Crippen LogP contribution in [0.15, 0.2) is 42.5 Å². The van der Waals surface area contributed by atoms with E-state index in [0.717, 1.165) is 17.7 Å². The molecule has 2 aliphatic rings. The summed E-state index contributed by atoms with van der Waals surface area (Å²) in [4.78, 5) is 12.4. The van der Waals surface area contributed by atoms with Crippen LogP contribution in [0.5, 0.6) is 17.2 Å². The maximum atomic E-state index is 12.4. The first-order chi connectivity index (χ1) is 11.3. The molecule has 0 radical (unpaired) electrons. The maximum Gasteiger partial charge on any atom is 0.251 e. The van der Waals surface area contributed by atoms with E-state index in [4.69, 9.17) is 14.2 Å². The number of ether oxygens (including phenoxy) is 3. The second-order valence-electron chi connectivity index (χ2n) is 5.65. The number of para-hydroxylation sites is 1.